The molecule has 36 heavy (non-hydrogen) atoms. The number of urea groups is 1. The van der Waals surface area contributed by atoms with Gasteiger partial charge in [-0.05, 0) is 43.5 Å². The topological polar surface area (TPSA) is 110 Å². The van der Waals surface area contributed by atoms with E-state index in [0.717, 1.165) is 35.6 Å². The first-order chi connectivity index (χ1) is 17.4. The first kappa shape index (κ1) is 24.9. The van der Waals surface area contributed by atoms with E-state index in [1.807, 2.05) is 38.1 Å². The molecule has 3 N–H and O–H groups in total. The standard InChI is InChI=1S/C26H32N6O4/c1-16-6-7-17(2)20(12-16)30-26(33)29-18-9-11-32(15-18)23-8-10-27-25(31-23)28-19-13-21(34-3)24(36-5)22(14-19)35-4/h6-8,10,12-14,18H,9,11,15H2,1-5H3,(H,27,28,31)(H2,29,30,33). The molecule has 2 amide bonds. The Morgan fingerprint density at radius 2 is 1.78 bits per heavy atom. The molecule has 0 spiro atoms. The highest BCUT2D eigenvalue weighted by atomic mass is 16.5. The molecule has 1 aliphatic rings. The smallest absolute Gasteiger partial charge is 0.319 e. The van der Waals surface area contributed by atoms with Crippen molar-refractivity contribution in [3.05, 3.63) is 53.7 Å². The summed E-state index contributed by atoms with van der Waals surface area (Å²) in [6.07, 6.45) is 2.52. The molecule has 0 saturated carbocycles. The van der Waals surface area contributed by atoms with Crippen molar-refractivity contribution >= 4 is 29.2 Å². The predicted molar refractivity (Wildman–Crippen MR) is 140 cm³/mol. The van der Waals surface area contributed by atoms with E-state index < -0.39 is 0 Å². The van der Waals surface area contributed by atoms with E-state index in [-0.39, 0.29) is 12.1 Å². The number of nitrogens with one attached hydrogen (secondary N) is 3. The van der Waals surface area contributed by atoms with E-state index in [1.165, 1.54) is 0 Å². The number of aryl methyl sites for hydroxylation is 2. The Hall–Kier alpha value is -4.21. The Balaban J connectivity index is 1.40. The van der Waals surface area contributed by atoms with Crippen LogP contribution in [0.15, 0.2) is 42.6 Å². The quantitative estimate of drug-likeness (QED) is 0.428. The summed E-state index contributed by atoms with van der Waals surface area (Å²) in [6, 6.07) is 11.3. The molecule has 1 unspecified atom stereocenters. The number of anilines is 4. The number of carbonyl (C=O) groups is 1. The fourth-order valence-electron chi connectivity index (χ4n) is 4.17. The zero-order valence-corrected chi connectivity index (χ0v) is 21.2. The van der Waals surface area contributed by atoms with Crippen LogP contribution in [0.25, 0.3) is 0 Å². The molecule has 2 aromatic carbocycles. The van der Waals surface area contributed by atoms with E-state index in [9.17, 15) is 4.79 Å². The summed E-state index contributed by atoms with van der Waals surface area (Å²) in [5, 5.41) is 9.24. The normalized spacial score (nSPS) is 14.8. The summed E-state index contributed by atoms with van der Waals surface area (Å²) in [4.78, 5) is 23.7. The molecule has 4 rings (SSSR count). The summed E-state index contributed by atoms with van der Waals surface area (Å²) in [5.74, 6) is 2.79. The average molecular weight is 493 g/mol. The van der Waals surface area contributed by atoms with Gasteiger partial charge in [0.25, 0.3) is 0 Å². The highest BCUT2D eigenvalue weighted by Crippen LogP contribution is 2.40. The average Bonchev–Trinajstić information content (AvgIpc) is 3.34. The Morgan fingerprint density at radius 3 is 2.47 bits per heavy atom. The Kier molecular flexibility index (Phi) is 7.62. The van der Waals surface area contributed by atoms with Gasteiger partial charge in [-0.3, -0.25) is 0 Å². The molecular formula is C26H32N6O4. The van der Waals surface area contributed by atoms with E-state index in [1.54, 1.807) is 39.7 Å². The van der Waals surface area contributed by atoms with Crippen LogP contribution in [-0.2, 0) is 0 Å². The number of carbonyl (C=O) groups excluding carboxylic acids is 1. The van der Waals surface area contributed by atoms with Crippen LogP contribution in [0, 0.1) is 13.8 Å². The third-order valence-corrected chi connectivity index (χ3v) is 6.05. The minimum absolute atomic E-state index is 0.0107. The first-order valence-corrected chi connectivity index (χ1v) is 11.7. The van der Waals surface area contributed by atoms with E-state index >= 15 is 0 Å². The molecule has 190 valence electrons. The Bertz CT molecular complexity index is 1210. The van der Waals surface area contributed by atoms with E-state index in [4.69, 9.17) is 14.2 Å². The van der Waals surface area contributed by atoms with Crippen LogP contribution < -0.4 is 35.1 Å². The second kappa shape index (κ2) is 11.0. The maximum Gasteiger partial charge on any atom is 0.319 e. The predicted octanol–water partition coefficient (Wildman–Crippen LogP) is 4.26. The molecule has 0 aliphatic carbocycles. The van der Waals surface area contributed by atoms with Crippen LogP contribution >= 0.6 is 0 Å². The summed E-state index contributed by atoms with van der Waals surface area (Å²) < 4.78 is 16.2. The highest BCUT2D eigenvalue weighted by Gasteiger charge is 2.25. The van der Waals surface area contributed by atoms with Crippen molar-refractivity contribution < 1.29 is 19.0 Å². The van der Waals surface area contributed by atoms with Crippen molar-refractivity contribution in [1.82, 2.24) is 15.3 Å². The van der Waals surface area contributed by atoms with Gasteiger partial charge >= 0.3 is 6.03 Å². The second-order valence-corrected chi connectivity index (χ2v) is 8.63. The summed E-state index contributed by atoms with van der Waals surface area (Å²) in [6.45, 7) is 5.41. The van der Waals surface area contributed by atoms with Crippen LogP contribution in [0.1, 0.15) is 17.5 Å². The molecule has 1 aromatic heterocycles. The number of hydrogen-bond acceptors (Lipinski definition) is 8. The van der Waals surface area contributed by atoms with Crippen molar-refractivity contribution in [2.75, 3.05) is 50.0 Å². The molecule has 1 fully saturated rings. The zero-order valence-electron chi connectivity index (χ0n) is 21.2. The molecule has 0 radical (unpaired) electrons. The first-order valence-electron chi connectivity index (χ1n) is 11.7. The van der Waals surface area contributed by atoms with Gasteiger partial charge in [-0.15, -0.1) is 0 Å². The lowest BCUT2D eigenvalue weighted by Crippen LogP contribution is -2.40. The van der Waals surface area contributed by atoms with Crippen molar-refractivity contribution in [2.24, 2.45) is 0 Å². The van der Waals surface area contributed by atoms with Gasteiger partial charge in [0.1, 0.15) is 5.82 Å². The summed E-state index contributed by atoms with van der Waals surface area (Å²) in [7, 11) is 4.70. The van der Waals surface area contributed by atoms with Gasteiger partial charge in [-0.25, -0.2) is 9.78 Å². The van der Waals surface area contributed by atoms with E-state index in [0.29, 0.717) is 35.4 Å². The van der Waals surface area contributed by atoms with E-state index in [2.05, 4.69) is 30.8 Å². The molecule has 10 heteroatoms. The number of ether oxygens (including phenoxy) is 3. The molecule has 1 aliphatic heterocycles. The Labute approximate surface area is 211 Å². The minimum Gasteiger partial charge on any atom is -0.493 e. The number of aromatic nitrogens is 2. The molecule has 10 nitrogen and oxygen atoms in total. The molecule has 0 bridgehead atoms. The van der Waals surface area contributed by atoms with Gasteiger partial charge in [0, 0.05) is 48.8 Å². The largest absolute Gasteiger partial charge is 0.493 e. The summed E-state index contributed by atoms with van der Waals surface area (Å²) >= 11 is 0. The van der Waals surface area contributed by atoms with Gasteiger partial charge < -0.3 is 35.1 Å². The van der Waals surface area contributed by atoms with Gasteiger partial charge in [0.05, 0.1) is 21.3 Å². The summed E-state index contributed by atoms with van der Waals surface area (Å²) in [5.41, 5.74) is 3.64. The lowest BCUT2D eigenvalue weighted by atomic mass is 10.1. The molecule has 1 saturated heterocycles. The van der Waals surface area contributed by atoms with Crippen LogP contribution in [-0.4, -0.2) is 56.5 Å². The third-order valence-electron chi connectivity index (χ3n) is 6.05. The Morgan fingerprint density at radius 1 is 1.03 bits per heavy atom. The third kappa shape index (κ3) is 5.70. The number of methoxy groups -OCH3 is 3. The molecule has 1 atom stereocenters. The van der Waals surface area contributed by atoms with Crippen LogP contribution in [0.5, 0.6) is 17.2 Å². The van der Waals surface area contributed by atoms with Crippen LogP contribution in [0.2, 0.25) is 0 Å². The van der Waals surface area contributed by atoms with Gasteiger partial charge in [0.2, 0.25) is 11.7 Å². The van der Waals surface area contributed by atoms with Crippen molar-refractivity contribution in [1.29, 1.82) is 0 Å². The molecule has 2 heterocycles. The fraction of sp³-hybridized carbons (Fsp3) is 0.346. The fourth-order valence-corrected chi connectivity index (χ4v) is 4.17. The van der Waals surface area contributed by atoms with Crippen molar-refractivity contribution in [2.45, 2.75) is 26.3 Å². The lowest BCUT2D eigenvalue weighted by Gasteiger charge is -2.19. The number of rotatable bonds is 8. The minimum atomic E-state index is -0.206. The molecule has 3 aromatic rings. The van der Waals surface area contributed by atoms with Crippen molar-refractivity contribution in [3.63, 3.8) is 0 Å². The van der Waals surface area contributed by atoms with Crippen molar-refractivity contribution in [3.8, 4) is 17.2 Å². The monoisotopic (exact) mass is 492 g/mol. The van der Waals surface area contributed by atoms with Gasteiger partial charge in [0.15, 0.2) is 11.5 Å². The van der Waals surface area contributed by atoms with Gasteiger partial charge in [-0.1, -0.05) is 12.1 Å². The van der Waals surface area contributed by atoms with Crippen LogP contribution in [0.4, 0.5) is 27.9 Å². The SMILES string of the molecule is COc1cc(Nc2nccc(N3CCC(NC(=O)Nc4cc(C)ccc4C)C3)n2)cc(OC)c1OC. The van der Waals surface area contributed by atoms with Gasteiger partial charge in [-0.2, -0.15) is 4.98 Å². The number of amides is 2. The highest BCUT2D eigenvalue weighted by molar-refractivity contribution is 5.90. The lowest BCUT2D eigenvalue weighted by molar-refractivity contribution is 0.249. The maximum absolute atomic E-state index is 12.6. The molecular weight excluding hydrogens is 460 g/mol. The number of nitrogens with zero attached hydrogens (tertiary/aromatic N) is 3. The maximum atomic E-state index is 12.6. The number of hydrogen-bond donors (Lipinski definition) is 3. The number of benzene rings is 2. The zero-order chi connectivity index (χ0) is 25.7. The second-order valence-electron chi connectivity index (χ2n) is 8.63. The van der Waals surface area contributed by atoms with Crippen LogP contribution in [0.3, 0.4) is 0 Å².